The first-order valence-electron chi connectivity index (χ1n) is 6.66. The second kappa shape index (κ2) is 4.31. The number of amides is 2. The largest absolute Gasteiger partial charge is 0.385 e. The molecule has 17 heavy (non-hydrogen) atoms. The third-order valence-electron chi connectivity index (χ3n) is 4.16. The van der Waals surface area contributed by atoms with Crippen molar-refractivity contribution >= 4 is 11.9 Å². The predicted molar refractivity (Wildman–Crippen MR) is 68.9 cm³/mol. The number of nitrogens with zero attached hydrogens (tertiary/aromatic N) is 2. The predicted octanol–water partition coefficient (Wildman–Crippen LogP) is 2.38. The smallest absolute Gasteiger partial charge is 0.346 e. The molecular formula is C13H23N3O. The quantitative estimate of drug-likeness (QED) is 0.819. The standard InChI is InChI=1S/C13H23N3O/c1-4-10-5-6-13(7-10)11(14)15-12(17)16(13)8-9(2)3/h9-10H,4-8H2,1-3H3,(H2,14,15,17). The van der Waals surface area contributed by atoms with Gasteiger partial charge in [-0.15, -0.1) is 0 Å². The summed E-state index contributed by atoms with van der Waals surface area (Å²) in [4.78, 5) is 17.9. The number of hydrogen-bond acceptors (Lipinski definition) is 2. The molecule has 0 aromatic rings. The Morgan fingerprint density at radius 3 is 2.82 bits per heavy atom. The summed E-state index contributed by atoms with van der Waals surface area (Å²) in [5.74, 6) is 1.70. The zero-order chi connectivity index (χ0) is 12.6. The molecule has 1 aliphatic carbocycles. The van der Waals surface area contributed by atoms with Gasteiger partial charge in [-0.1, -0.05) is 27.2 Å². The van der Waals surface area contributed by atoms with Crippen LogP contribution in [0.25, 0.3) is 0 Å². The highest BCUT2D eigenvalue weighted by Crippen LogP contribution is 2.43. The van der Waals surface area contributed by atoms with Gasteiger partial charge in [0.1, 0.15) is 11.4 Å². The average molecular weight is 237 g/mol. The lowest BCUT2D eigenvalue weighted by molar-refractivity contribution is 0.159. The van der Waals surface area contributed by atoms with Crippen LogP contribution in [0.5, 0.6) is 0 Å². The van der Waals surface area contributed by atoms with Crippen molar-refractivity contribution in [2.45, 2.75) is 52.0 Å². The molecule has 0 radical (unpaired) electrons. The maximum Gasteiger partial charge on any atom is 0.346 e. The highest BCUT2D eigenvalue weighted by molar-refractivity contribution is 6.06. The summed E-state index contributed by atoms with van der Waals surface area (Å²) in [5.41, 5.74) is 5.79. The number of carbonyl (C=O) groups is 1. The molecule has 0 aromatic heterocycles. The summed E-state index contributed by atoms with van der Waals surface area (Å²) in [6.07, 6.45) is 4.31. The number of nitrogens with two attached hydrogens (primary N) is 1. The molecule has 1 aliphatic heterocycles. The van der Waals surface area contributed by atoms with Crippen molar-refractivity contribution in [2.24, 2.45) is 22.6 Å². The van der Waals surface area contributed by atoms with Crippen LogP contribution in [0.4, 0.5) is 4.79 Å². The molecule has 1 spiro atoms. The summed E-state index contributed by atoms with van der Waals surface area (Å²) in [6.45, 7) is 7.23. The highest BCUT2D eigenvalue weighted by atomic mass is 16.2. The number of amidine groups is 1. The van der Waals surface area contributed by atoms with Gasteiger partial charge in [0.25, 0.3) is 0 Å². The Balaban J connectivity index is 2.23. The zero-order valence-corrected chi connectivity index (χ0v) is 11.1. The maximum atomic E-state index is 11.9. The Kier molecular flexibility index (Phi) is 3.15. The molecule has 1 fully saturated rings. The second-order valence-corrected chi connectivity index (χ2v) is 5.83. The van der Waals surface area contributed by atoms with Gasteiger partial charge in [-0.3, -0.25) is 0 Å². The number of hydrogen-bond donors (Lipinski definition) is 1. The van der Waals surface area contributed by atoms with Crippen molar-refractivity contribution in [2.75, 3.05) is 6.54 Å². The van der Waals surface area contributed by atoms with Crippen molar-refractivity contribution in [1.29, 1.82) is 0 Å². The van der Waals surface area contributed by atoms with Crippen LogP contribution in [0, 0.1) is 11.8 Å². The van der Waals surface area contributed by atoms with Crippen LogP contribution in [-0.2, 0) is 0 Å². The van der Waals surface area contributed by atoms with Gasteiger partial charge in [-0.25, -0.2) is 4.79 Å². The van der Waals surface area contributed by atoms with Gasteiger partial charge in [-0.2, -0.15) is 4.99 Å². The van der Waals surface area contributed by atoms with E-state index in [0.29, 0.717) is 17.7 Å². The van der Waals surface area contributed by atoms with E-state index in [4.69, 9.17) is 5.73 Å². The van der Waals surface area contributed by atoms with Gasteiger partial charge in [0.05, 0.1) is 0 Å². The fourth-order valence-electron chi connectivity index (χ4n) is 3.16. The van der Waals surface area contributed by atoms with Crippen LogP contribution in [0.3, 0.4) is 0 Å². The van der Waals surface area contributed by atoms with Gasteiger partial charge in [0.15, 0.2) is 0 Å². The normalized spacial score (nSPS) is 32.9. The van der Waals surface area contributed by atoms with E-state index in [-0.39, 0.29) is 11.6 Å². The molecule has 2 rings (SSSR count). The SMILES string of the molecule is CCC1CCC2(C1)C(N)=NC(=O)N2CC(C)C. The van der Waals surface area contributed by atoms with Crippen LogP contribution in [0.1, 0.15) is 46.5 Å². The summed E-state index contributed by atoms with van der Waals surface area (Å²) in [5, 5.41) is 0. The minimum atomic E-state index is -0.248. The van der Waals surface area contributed by atoms with Crippen molar-refractivity contribution in [3.63, 3.8) is 0 Å². The highest BCUT2D eigenvalue weighted by Gasteiger charge is 2.52. The fourth-order valence-corrected chi connectivity index (χ4v) is 3.16. The van der Waals surface area contributed by atoms with Gasteiger partial charge in [0.2, 0.25) is 0 Å². The minimum Gasteiger partial charge on any atom is -0.385 e. The van der Waals surface area contributed by atoms with Crippen LogP contribution >= 0.6 is 0 Å². The molecule has 1 saturated carbocycles. The van der Waals surface area contributed by atoms with E-state index in [0.717, 1.165) is 25.8 Å². The third-order valence-corrected chi connectivity index (χ3v) is 4.16. The summed E-state index contributed by atoms with van der Waals surface area (Å²) in [6, 6.07) is -0.132. The lowest BCUT2D eigenvalue weighted by atomic mass is 9.92. The molecule has 2 aliphatic rings. The molecule has 2 amide bonds. The Morgan fingerprint density at radius 1 is 1.59 bits per heavy atom. The summed E-state index contributed by atoms with van der Waals surface area (Å²) < 4.78 is 0. The van der Waals surface area contributed by atoms with E-state index < -0.39 is 0 Å². The van der Waals surface area contributed by atoms with Crippen molar-refractivity contribution in [1.82, 2.24) is 4.90 Å². The van der Waals surface area contributed by atoms with E-state index in [1.807, 2.05) is 4.90 Å². The summed E-state index contributed by atoms with van der Waals surface area (Å²) in [7, 11) is 0. The van der Waals surface area contributed by atoms with E-state index in [2.05, 4.69) is 25.8 Å². The first kappa shape index (κ1) is 12.4. The lowest BCUT2D eigenvalue weighted by Crippen LogP contribution is -2.53. The molecule has 2 atom stereocenters. The molecule has 0 aromatic carbocycles. The van der Waals surface area contributed by atoms with Crippen molar-refractivity contribution < 1.29 is 4.79 Å². The molecule has 4 heteroatoms. The molecule has 96 valence electrons. The fraction of sp³-hybridized carbons (Fsp3) is 0.846. The molecule has 2 N–H and O–H groups in total. The Labute approximate surface area is 103 Å². The average Bonchev–Trinajstić information content (AvgIpc) is 2.78. The lowest BCUT2D eigenvalue weighted by Gasteiger charge is -2.36. The first-order chi connectivity index (χ1) is 7.99. The maximum absolute atomic E-state index is 11.9. The number of aliphatic imine (C=N–C) groups is 1. The monoisotopic (exact) mass is 237 g/mol. The molecule has 0 bridgehead atoms. The number of carbonyl (C=O) groups excluding carboxylic acids is 1. The van der Waals surface area contributed by atoms with Gasteiger partial charge >= 0.3 is 6.03 Å². The molecule has 1 heterocycles. The van der Waals surface area contributed by atoms with E-state index in [1.54, 1.807) is 0 Å². The van der Waals surface area contributed by atoms with Crippen LogP contribution in [0.15, 0.2) is 4.99 Å². The Morgan fingerprint density at radius 2 is 2.29 bits per heavy atom. The van der Waals surface area contributed by atoms with E-state index in [1.165, 1.54) is 6.42 Å². The molecule has 2 unspecified atom stereocenters. The first-order valence-corrected chi connectivity index (χ1v) is 6.66. The van der Waals surface area contributed by atoms with E-state index in [9.17, 15) is 4.79 Å². The number of rotatable bonds is 3. The zero-order valence-electron chi connectivity index (χ0n) is 11.1. The topological polar surface area (TPSA) is 58.7 Å². The van der Waals surface area contributed by atoms with Gasteiger partial charge in [0, 0.05) is 6.54 Å². The summed E-state index contributed by atoms with van der Waals surface area (Å²) >= 11 is 0. The second-order valence-electron chi connectivity index (χ2n) is 5.83. The van der Waals surface area contributed by atoms with Crippen molar-refractivity contribution in [3.05, 3.63) is 0 Å². The van der Waals surface area contributed by atoms with Gasteiger partial charge in [-0.05, 0) is 31.1 Å². The molecule has 0 saturated heterocycles. The van der Waals surface area contributed by atoms with E-state index >= 15 is 0 Å². The van der Waals surface area contributed by atoms with Crippen molar-refractivity contribution in [3.8, 4) is 0 Å². The Hall–Kier alpha value is -1.06. The van der Waals surface area contributed by atoms with Crippen LogP contribution in [-0.4, -0.2) is 28.9 Å². The van der Waals surface area contributed by atoms with Crippen LogP contribution < -0.4 is 5.73 Å². The number of urea groups is 1. The Bertz CT molecular complexity index is 351. The third kappa shape index (κ3) is 1.94. The molecule has 4 nitrogen and oxygen atoms in total. The van der Waals surface area contributed by atoms with Crippen LogP contribution in [0.2, 0.25) is 0 Å². The minimum absolute atomic E-state index is 0.132. The van der Waals surface area contributed by atoms with Gasteiger partial charge < -0.3 is 10.6 Å². The molecular weight excluding hydrogens is 214 g/mol.